The Morgan fingerprint density at radius 1 is 1.28 bits per heavy atom. The van der Waals surface area contributed by atoms with Gasteiger partial charge in [-0.1, -0.05) is 18.5 Å². The highest BCUT2D eigenvalue weighted by molar-refractivity contribution is 7.09. The molecule has 1 aliphatic heterocycles. The molecule has 0 bridgehead atoms. The van der Waals surface area contributed by atoms with Gasteiger partial charge in [-0.3, -0.25) is 4.99 Å². The fraction of sp³-hybridized carbons (Fsp3) is 0.444. The largest absolute Gasteiger partial charge is 0.370 e. The first kappa shape index (κ1) is 18.0. The van der Waals surface area contributed by atoms with Gasteiger partial charge in [-0.15, -0.1) is 11.3 Å². The van der Waals surface area contributed by atoms with Crippen molar-refractivity contribution in [1.29, 1.82) is 0 Å². The van der Waals surface area contributed by atoms with E-state index in [0.29, 0.717) is 18.4 Å². The standard InChI is InChI=1S/C18H24ClN5S/c1-13(17-22-14(2)12-25-17)11-21-18(20)24-9-7-23(8-10-24)16-5-3-15(19)4-6-16/h3-6,12-13H,7-11H2,1-2H3,(H2,20,21). The number of piperazine rings is 1. The summed E-state index contributed by atoms with van der Waals surface area (Å²) in [7, 11) is 0. The minimum Gasteiger partial charge on any atom is -0.370 e. The molecular weight excluding hydrogens is 354 g/mol. The zero-order valence-electron chi connectivity index (χ0n) is 14.7. The molecule has 0 saturated carbocycles. The lowest BCUT2D eigenvalue weighted by Gasteiger charge is -2.36. The highest BCUT2D eigenvalue weighted by Gasteiger charge is 2.19. The maximum absolute atomic E-state index is 6.21. The Bertz CT molecular complexity index is 719. The number of halogens is 1. The molecule has 1 saturated heterocycles. The second kappa shape index (κ2) is 8.06. The Labute approximate surface area is 158 Å². The summed E-state index contributed by atoms with van der Waals surface area (Å²) >= 11 is 7.65. The van der Waals surface area contributed by atoms with Crippen LogP contribution in [0.3, 0.4) is 0 Å². The van der Waals surface area contributed by atoms with E-state index in [9.17, 15) is 0 Å². The third-order valence-corrected chi connectivity index (χ3v) is 5.83. The fourth-order valence-corrected chi connectivity index (χ4v) is 3.83. The van der Waals surface area contributed by atoms with Gasteiger partial charge in [0.05, 0.1) is 11.6 Å². The molecule has 7 heteroatoms. The second-order valence-corrected chi connectivity index (χ2v) is 7.70. The maximum Gasteiger partial charge on any atom is 0.191 e. The van der Waals surface area contributed by atoms with Crippen molar-refractivity contribution in [3.63, 3.8) is 0 Å². The highest BCUT2D eigenvalue weighted by Crippen LogP contribution is 2.21. The molecule has 134 valence electrons. The summed E-state index contributed by atoms with van der Waals surface area (Å²) in [5.41, 5.74) is 8.48. The van der Waals surface area contributed by atoms with Crippen LogP contribution in [0.25, 0.3) is 0 Å². The second-order valence-electron chi connectivity index (χ2n) is 6.38. The molecule has 5 nitrogen and oxygen atoms in total. The Balaban J connectivity index is 1.52. The predicted molar refractivity (Wildman–Crippen MR) is 107 cm³/mol. The van der Waals surface area contributed by atoms with Crippen LogP contribution in [0.4, 0.5) is 5.69 Å². The third kappa shape index (κ3) is 4.64. The number of guanidine groups is 1. The van der Waals surface area contributed by atoms with Gasteiger partial charge in [-0.05, 0) is 31.2 Å². The summed E-state index contributed by atoms with van der Waals surface area (Å²) in [5, 5.41) is 3.97. The van der Waals surface area contributed by atoms with Crippen LogP contribution in [-0.4, -0.2) is 48.6 Å². The summed E-state index contributed by atoms with van der Waals surface area (Å²) < 4.78 is 0. The van der Waals surface area contributed by atoms with Gasteiger partial charge < -0.3 is 15.5 Å². The summed E-state index contributed by atoms with van der Waals surface area (Å²) in [6.07, 6.45) is 0. The number of nitrogens with two attached hydrogens (primary N) is 1. The van der Waals surface area contributed by atoms with Gasteiger partial charge in [0.25, 0.3) is 0 Å². The number of nitrogens with zero attached hydrogens (tertiary/aromatic N) is 4. The number of aromatic nitrogens is 1. The number of rotatable bonds is 4. The van der Waals surface area contributed by atoms with Gasteiger partial charge in [-0.2, -0.15) is 0 Å². The van der Waals surface area contributed by atoms with Gasteiger partial charge in [0.2, 0.25) is 0 Å². The molecular formula is C18H24ClN5S. The molecule has 1 aliphatic rings. The van der Waals surface area contributed by atoms with E-state index in [0.717, 1.165) is 41.9 Å². The number of thiazole rings is 1. The van der Waals surface area contributed by atoms with Gasteiger partial charge >= 0.3 is 0 Å². The molecule has 1 fully saturated rings. The Morgan fingerprint density at radius 3 is 2.56 bits per heavy atom. The van der Waals surface area contributed by atoms with Crippen LogP contribution in [-0.2, 0) is 0 Å². The first-order valence-corrected chi connectivity index (χ1v) is 9.76. The van der Waals surface area contributed by atoms with Gasteiger partial charge in [0.15, 0.2) is 5.96 Å². The maximum atomic E-state index is 6.21. The zero-order valence-corrected chi connectivity index (χ0v) is 16.2. The van der Waals surface area contributed by atoms with Crippen LogP contribution < -0.4 is 10.6 Å². The Kier molecular flexibility index (Phi) is 5.81. The predicted octanol–water partition coefficient (Wildman–Crippen LogP) is 3.35. The molecule has 3 rings (SSSR count). The van der Waals surface area contributed by atoms with E-state index in [4.69, 9.17) is 17.3 Å². The molecule has 0 amide bonds. The van der Waals surface area contributed by atoms with Crippen LogP contribution in [0.1, 0.15) is 23.5 Å². The fourth-order valence-electron chi connectivity index (χ4n) is 2.85. The molecule has 0 aliphatic carbocycles. The molecule has 2 N–H and O–H groups in total. The normalized spacial score (nSPS) is 17.0. The lowest BCUT2D eigenvalue weighted by Crippen LogP contribution is -2.51. The van der Waals surface area contributed by atoms with E-state index >= 15 is 0 Å². The monoisotopic (exact) mass is 377 g/mol. The van der Waals surface area contributed by atoms with Gasteiger partial charge in [0, 0.05) is 53.9 Å². The first-order chi connectivity index (χ1) is 12.0. The van der Waals surface area contributed by atoms with Crippen molar-refractivity contribution < 1.29 is 0 Å². The van der Waals surface area contributed by atoms with Crippen LogP contribution >= 0.6 is 22.9 Å². The van der Waals surface area contributed by atoms with Crippen LogP contribution in [0.5, 0.6) is 0 Å². The van der Waals surface area contributed by atoms with E-state index in [1.165, 1.54) is 5.69 Å². The van der Waals surface area contributed by atoms with Crippen molar-refractivity contribution in [2.45, 2.75) is 19.8 Å². The number of anilines is 1. The minimum atomic E-state index is 0.299. The number of hydrogen-bond donors (Lipinski definition) is 1. The smallest absolute Gasteiger partial charge is 0.191 e. The Morgan fingerprint density at radius 2 is 1.96 bits per heavy atom. The number of aliphatic imine (C=N–C) groups is 1. The number of benzene rings is 1. The van der Waals surface area contributed by atoms with Crippen LogP contribution in [0.2, 0.25) is 5.02 Å². The first-order valence-electron chi connectivity index (χ1n) is 8.50. The summed E-state index contributed by atoms with van der Waals surface area (Å²) in [6, 6.07) is 7.99. The molecule has 1 atom stereocenters. The van der Waals surface area contributed by atoms with E-state index < -0.39 is 0 Å². The molecule has 25 heavy (non-hydrogen) atoms. The van der Waals surface area contributed by atoms with E-state index in [2.05, 4.69) is 44.2 Å². The molecule has 0 spiro atoms. The van der Waals surface area contributed by atoms with Crippen LogP contribution in [0, 0.1) is 6.92 Å². The van der Waals surface area contributed by atoms with Crippen molar-refractivity contribution in [2.75, 3.05) is 37.6 Å². The van der Waals surface area contributed by atoms with E-state index in [-0.39, 0.29) is 0 Å². The van der Waals surface area contributed by atoms with E-state index in [1.54, 1.807) is 11.3 Å². The van der Waals surface area contributed by atoms with Crippen molar-refractivity contribution in [3.8, 4) is 0 Å². The summed E-state index contributed by atoms with van der Waals surface area (Å²) in [5.74, 6) is 0.934. The van der Waals surface area contributed by atoms with Gasteiger partial charge in [0.1, 0.15) is 0 Å². The number of hydrogen-bond acceptors (Lipinski definition) is 4. The highest BCUT2D eigenvalue weighted by atomic mass is 35.5. The van der Waals surface area contributed by atoms with Crippen molar-refractivity contribution in [3.05, 3.63) is 45.4 Å². The average Bonchev–Trinajstić information content (AvgIpc) is 3.07. The van der Waals surface area contributed by atoms with Gasteiger partial charge in [-0.25, -0.2) is 4.98 Å². The molecule has 0 radical (unpaired) electrons. The minimum absolute atomic E-state index is 0.299. The van der Waals surface area contributed by atoms with Crippen molar-refractivity contribution in [2.24, 2.45) is 10.7 Å². The van der Waals surface area contributed by atoms with Crippen molar-refractivity contribution in [1.82, 2.24) is 9.88 Å². The zero-order chi connectivity index (χ0) is 17.8. The molecule has 1 unspecified atom stereocenters. The lowest BCUT2D eigenvalue weighted by atomic mass is 10.2. The molecule has 1 aromatic heterocycles. The molecule has 1 aromatic carbocycles. The molecule has 2 heterocycles. The summed E-state index contributed by atoms with van der Waals surface area (Å²) in [4.78, 5) is 13.6. The lowest BCUT2D eigenvalue weighted by molar-refractivity contribution is 0.380. The number of aryl methyl sites for hydroxylation is 1. The molecule has 2 aromatic rings. The SMILES string of the molecule is Cc1csc(C(C)CN=C(N)N2CCN(c3ccc(Cl)cc3)CC2)n1. The topological polar surface area (TPSA) is 57.8 Å². The average molecular weight is 378 g/mol. The Hall–Kier alpha value is -1.79. The van der Waals surface area contributed by atoms with Crippen molar-refractivity contribution >= 4 is 34.6 Å². The van der Waals surface area contributed by atoms with Crippen LogP contribution in [0.15, 0.2) is 34.6 Å². The quantitative estimate of drug-likeness (QED) is 0.655. The third-order valence-electron chi connectivity index (χ3n) is 4.38. The van der Waals surface area contributed by atoms with E-state index in [1.807, 2.05) is 19.1 Å². The summed E-state index contributed by atoms with van der Waals surface area (Å²) in [6.45, 7) is 8.46.